The summed E-state index contributed by atoms with van der Waals surface area (Å²) < 4.78 is 0. The molecular weight excluding hydrogens is 326 g/mol. The first-order valence-electron chi connectivity index (χ1n) is 9.57. The fraction of sp³-hybridized carbons (Fsp3) is 0.476. The number of benzene rings is 1. The van der Waals surface area contributed by atoms with E-state index >= 15 is 0 Å². The number of anilines is 1. The van der Waals surface area contributed by atoms with Gasteiger partial charge in [-0.1, -0.05) is 18.2 Å². The Bertz CT molecular complexity index is 851. The van der Waals surface area contributed by atoms with Crippen LogP contribution in [0.2, 0.25) is 0 Å². The van der Waals surface area contributed by atoms with E-state index in [2.05, 4.69) is 15.6 Å². The number of para-hydroxylation sites is 1. The summed E-state index contributed by atoms with van der Waals surface area (Å²) in [7, 11) is 0. The maximum Gasteiger partial charge on any atom is 0.313 e. The molecule has 4 fully saturated rings. The van der Waals surface area contributed by atoms with Crippen molar-refractivity contribution in [2.24, 2.45) is 17.8 Å². The van der Waals surface area contributed by atoms with Crippen LogP contribution in [0.4, 0.5) is 5.69 Å². The van der Waals surface area contributed by atoms with Gasteiger partial charge in [0.1, 0.15) is 0 Å². The van der Waals surface area contributed by atoms with Gasteiger partial charge in [0, 0.05) is 17.1 Å². The van der Waals surface area contributed by atoms with Gasteiger partial charge in [0.2, 0.25) is 0 Å². The van der Waals surface area contributed by atoms with Gasteiger partial charge in [0.05, 0.1) is 11.2 Å². The highest BCUT2D eigenvalue weighted by atomic mass is 16.2. The van der Waals surface area contributed by atoms with Crippen LogP contribution in [0.5, 0.6) is 0 Å². The molecule has 5 nitrogen and oxygen atoms in total. The molecule has 0 saturated heterocycles. The number of nitrogens with one attached hydrogen (secondary N) is 2. The molecule has 0 aliphatic heterocycles. The third-order valence-electron chi connectivity index (χ3n) is 6.50. The number of amides is 2. The third-order valence-corrected chi connectivity index (χ3v) is 6.50. The monoisotopic (exact) mass is 349 g/mol. The van der Waals surface area contributed by atoms with Crippen LogP contribution in [-0.4, -0.2) is 22.3 Å². The number of rotatable bonds is 2. The van der Waals surface area contributed by atoms with Gasteiger partial charge in [0.25, 0.3) is 0 Å². The molecule has 0 radical (unpaired) electrons. The van der Waals surface area contributed by atoms with Crippen molar-refractivity contribution in [2.75, 3.05) is 5.32 Å². The first kappa shape index (κ1) is 15.8. The van der Waals surface area contributed by atoms with Gasteiger partial charge in [-0.15, -0.1) is 0 Å². The van der Waals surface area contributed by atoms with Crippen LogP contribution in [0.25, 0.3) is 10.9 Å². The molecule has 5 heteroatoms. The lowest BCUT2D eigenvalue weighted by molar-refractivity contribution is -0.139. The molecule has 26 heavy (non-hydrogen) atoms. The lowest BCUT2D eigenvalue weighted by atomic mass is 9.53. The quantitative estimate of drug-likeness (QED) is 0.818. The van der Waals surface area contributed by atoms with Crippen molar-refractivity contribution in [3.05, 3.63) is 36.5 Å². The topological polar surface area (TPSA) is 71.1 Å². The number of carbonyl (C=O) groups excluding carboxylic acids is 2. The van der Waals surface area contributed by atoms with Crippen LogP contribution in [0, 0.1) is 17.8 Å². The lowest BCUT2D eigenvalue weighted by Crippen LogP contribution is -2.61. The first-order valence-corrected chi connectivity index (χ1v) is 9.57. The van der Waals surface area contributed by atoms with E-state index in [-0.39, 0.29) is 5.54 Å². The van der Waals surface area contributed by atoms with Gasteiger partial charge < -0.3 is 10.6 Å². The van der Waals surface area contributed by atoms with Crippen LogP contribution < -0.4 is 10.6 Å². The van der Waals surface area contributed by atoms with Crippen LogP contribution in [0.3, 0.4) is 0 Å². The number of hydrogen-bond donors (Lipinski definition) is 2. The van der Waals surface area contributed by atoms with Gasteiger partial charge in [-0.25, -0.2) is 0 Å². The van der Waals surface area contributed by atoms with E-state index in [0.717, 1.165) is 42.4 Å². The summed E-state index contributed by atoms with van der Waals surface area (Å²) in [4.78, 5) is 29.5. The maximum atomic E-state index is 12.6. The number of aromatic nitrogens is 1. The largest absolute Gasteiger partial charge is 0.342 e. The molecule has 0 atom stereocenters. The second-order valence-electron chi connectivity index (χ2n) is 8.49. The molecule has 0 unspecified atom stereocenters. The van der Waals surface area contributed by atoms with Crippen LogP contribution in [-0.2, 0) is 9.59 Å². The SMILES string of the molecule is O=C(Nc1cccc2cccnc12)C(=O)NC12CC3CC(CC(C3)C1)C2. The normalized spacial score (nSPS) is 31.8. The predicted molar refractivity (Wildman–Crippen MR) is 99.4 cm³/mol. The Morgan fingerprint density at radius 1 is 0.923 bits per heavy atom. The van der Waals surface area contributed by atoms with Gasteiger partial charge in [0.15, 0.2) is 0 Å². The zero-order valence-corrected chi connectivity index (χ0v) is 14.7. The number of nitrogens with zero attached hydrogens (tertiary/aromatic N) is 1. The Morgan fingerprint density at radius 3 is 2.27 bits per heavy atom. The molecule has 2 N–H and O–H groups in total. The molecule has 1 aromatic heterocycles. The number of carbonyl (C=O) groups is 2. The third kappa shape index (κ3) is 2.66. The standard InChI is InChI=1S/C21H23N3O2/c25-19(23-17-5-1-3-16-4-2-6-22-18(16)17)20(26)24-21-10-13-7-14(11-21)9-15(8-13)12-21/h1-6,13-15H,7-12H2,(H,23,25)(H,24,26). The summed E-state index contributed by atoms with van der Waals surface area (Å²) in [6.45, 7) is 0. The van der Waals surface area contributed by atoms with E-state index in [1.54, 1.807) is 12.3 Å². The van der Waals surface area contributed by atoms with Crippen molar-refractivity contribution in [1.29, 1.82) is 0 Å². The predicted octanol–water partition coefficient (Wildman–Crippen LogP) is 3.26. The van der Waals surface area contributed by atoms with Crippen molar-refractivity contribution < 1.29 is 9.59 Å². The van der Waals surface area contributed by atoms with E-state index in [9.17, 15) is 9.59 Å². The van der Waals surface area contributed by atoms with Gasteiger partial charge >= 0.3 is 11.8 Å². The molecule has 6 rings (SSSR count). The first-order chi connectivity index (χ1) is 12.6. The minimum absolute atomic E-state index is 0.153. The molecular formula is C21H23N3O2. The average Bonchev–Trinajstić information content (AvgIpc) is 2.60. The van der Waals surface area contributed by atoms with Crippen LogP contribution in [0.15, 0.2) is 36.5 Å². The minimum Gasteiger partial charge on any atom is -0.342 e. The molecule has 1 aromatic carbocycles. The molecule has 4 saturated carbocycles. The van der Waals surface area contributed by atoms with Crippen LogP contribution in [0.1, 0.15) is 38.5 Å². The van der Waals surface area contributed by atoms with Crippen molar-refractivity contribution in [2.45, 2.75) is 44.1 Å². The highest BCUT2D eigenvalue weighted by Gasteiger charge is 2.51. The Kier molecular flexibility index (Phi) is 3.52. The number of fused-ring (bicyclic) bond motifs is 1. The Hall–Kier alpha value is -2.43. The minimum atomic E-state index is -0.598. The van der Waals surface area contributed by atoms with E-state index < -0.39 is 11.8 Å². The van der Waals surface area contributed by atoms with E-state index in [1.807, 2.05) is 24.3 Å². The summed E-state index contributed by atoms with van der Waals surface area (Å²) in [5.41, 5.74) is 1.12. The summed E-state index contributed by atoms with van der Waals surface area (Å²) in [5, 5.41) is 6.81. The van der Waals surface area contributed by atoms with Gasteiger partial charge in [-0.3, -0.25) is 14.6 Å². The molecule has 4 aliphatic carbocycles. The van der Waals surface area contributed by atoms with Crippen molar-refractivity contribution in [3.8, 4) is 0 Å². The highest BCUT2D eigenvalue weighted by molar-refractivity contribution is 6.40. The molecule has 4 aliphatic rings. The van der Waals surface area contributed by atoms with Crippen LogP contribution >= 0.6 is 0 Å². The van der Waals surface area contributed by atoms with E-state index in [0.29, 0.717) is 11.2 Å². The maximum absolute atomic E-state index is 12.6. The molecule has 4 bridgehead atoms. The average molecular weight is 349 g/mol. The van der Waals surface area contributed by atoms with Gasteiger partial charge in [-0.2, -0.15) is 0 Å². The van der Waals surface area contributed by atoms with E-state index in [4.69, 9.17) is 0 Å². The zero-order valence-electron chi connectivity index (χ0n) is 14.7. The molecule has 134 valence electrons. The second-order valence-corrected chi connectivity index (χ2v) is 8.49. The Balaban J connectivity index is 1.32. The summed E-state index contributed by atoms with van der Waals surface area (Å²) in [5.74, 6) is 1.07. The molecule has 2 aromatic rings. The number of pyridine rings is 1. The number of hydrogen-bond acceptors (Lipinski definition) is 3. The summed E-state index contributed by atoms with van der Waals surface area (Å²) in [6, 6.07) is 9.37. The second kappa shape index (κ2) is 5.79. The smallest absolute Gasteiger partial charge is 0.313 e. The molecule has 1 heterocycles. The fourth-order valence-corrected chi connectivity index (χ4v) is 5.95. The lowest BCUT2D eigenvalue weighted by Gasteiger charge is -2.56. The Labute approximate surface area is 152 Å². The summed E-state index contributed by atoms with van der Waals surface area (Å²) >= 11 is 0. The van der Waals surface area contributed by atoms with E-state index in [1.165, 1.54) is 19.3 Å². The Morgan fingerprint density at radius 2 is 1.58 bits per heavy atom. The summed E-state index contributed by atoms with van der Waals surface area (Å²) in [6.07, 6.45) is 8.72. The van der Waals surface area contributed by atoms with Crippen molar-refractivity contribution in [3.63, 3.8) is 0 Å². The highest BCUT2D eigenvalue weighted by Crippen LogP contribution is 2.55. The van der Waals surface area contributed by atoms with Crippen molar-refractivity contribution >= 4 is 28.4 Å². The van der Waals surface area contributed by atoms with Crippen molar-refractivity contribution in [1.82, 2.24) is 10.3 Å². The van der Waals surface area contributed by atoms with Gasteiger partial charge in [-0.05, 0) is 68.4 Å². The molecule has 0 spiro atoms. The zero-order chi connectivity index (χ0) is 17.7. The molecule has 2 amide bonds. The fourth-order valence-electron chi connectivity index (χ4n) is 5.95.